The highest BCUT2D eigenvalue weighted by molar-refractivity contribution is 5.77. The second-order valence-electron chi connectivity index (χ2n) is 3.52. The van der Waals surface area contributed by atoms with Gasteiger partial charge >= 0.3 is 5.97 Å². The van der Waals surface area contributed by atoms with Gasteiger partial charge in [-0.25, -0.2) is 0 Å². The van der Waals surface area contributed by atoms with Crippen LogP contribution in [0.4, 0.5) is 0 Å². The number of carboxylic acid groups (broad SMARTS) is 1. The smallest absolute Gasteiger partial charge is 0.303 e. The topological polar surface area (TPSA) is 69.6 Å². The molecule has 1 amide bonds. The molecule has 0 bridgehead atoms. The van der Waals surface area contributed by atoms with Gasteiger partial charge in [0.1, 0.15) is 0 Å². The maximum atomic E-state index is 11.2. The fourth-order valence-corrected chi connectivity index (χ4v) is 1.36. The average molecular weight is 216 g/mol. The van der Waals surface area contributed by atoms with Gasteiger partial charge < -0.3 is 10.4 Å². The molecule has 0 rings (SSSR count). The van der Waals surface area contributed by atoms with Crippen molar-refractivity contribution in [3.8, 4) is 0 Å². The van der Waals surface area contributed by atoms with Gasteiger partial charge in [0.05, 0.1) is 6.54 Å². The lowest BCUT2D eigenvalue weighted by atomic mass is 10.1. The molecule has 5 nitrogen and oxygen atoms in total. The minimum Gasteiger partial charge on any atom is -0.481 e. The third-order valence-corrected chi connectivity index (χ3v) is 2.43. The minimum atomic E-state index is -0.794. The predicted octanol–water partition coefficient (Wildman–Crippen LogP) is 0.308. The number of hydrogen-bond donors (Lipinski definition) is 2. The summed E-state index contributed by atoms with van der Waals surface area (Å²) in [5.41, 5.74) is 0. The minimum absolute atomic E-state index is 0.0426. The zero-order chi connectivity index (χ0) is 11.8. The Labute approximate surface area is 90.5 Å². The molecule has 0 fully saturated rings. The first-order valence-corrected chi connectivity index (χ1v) is 5.17. The van der Waals surface area contributed by atoms with Crippen LogP contribution in [0.2, 0.25) is 0 Å². The predicted molar refractivity (Wildman–Crippen MR) is 57.6 cm³/mol. The first-order valence-electron chi connectivity index (χ1n) is 5.17. The van der Waals surface area contributed by atoms with Crippen molar-refractivity contribution in [3.05, 3.63) is 0 Å². The van der Waals surface area contributed by atoms with Gasteiger partial charge in [-0.2, -0.15) is 0 Å². The first-order chi connectivity index (χ1) is 7.01. The molecule has 0 radical (unpaired) electrons. The zero-order valence-corrected chi connectivity index (χ0v) is 9.62. The Morgan fingerprint density at radius 1 is 1.47 bits per heavy atom. The van der Waals surface area contributed by atoms with E-state index in [9.17, 15) is 9.59 Å². The van der Waals surface area contributed by atoms with Crippen LogP contribution in [-0.2, 0) is 9.59 Å². The van der Waals surface area contributed by atoms with E-state index in [1.165, 1.54) is 0 Å². The molecule has 0 aliphatic heterocycles. The SMILES string of the molecule is CCN(CC(=O)NC)C(C)CCC(=O)O. The van der Waals surface area contributed by atoms with Crippen molar-refractivity contribution in [1.29, 1.82) is 0 Å². The number of nitrogens with zero attached hydrogens (tertiary/aromatic N) is 1. The van der Waals surface area contributed by atoms with Crippen LogP contribution in [0.25, 0.3) is 0 Å². The number of nitrogens with one attached hydrogen (secondary N) is 1. The molecular formula is C10H20N2O3. The molecule has 15 heavy (non-hydrogen) atoms. The van der Waals surface area contributed by atoms with Crippen LogP contribution in [0.1, 0.15) is 26.7 Å². The monoisotopic (exact) mass is 216 g/mol. The molecule has 0 aromatic heterocycles. The maximum Gasteiger partial charge on any atom is 0.303 e. The number of carbonyl (C=O) groups is 2. The lowest BCUT2D eigenvalue weighted by Gasteiger charge is -2.26. The van der Waals surface area contributed by atoms with Crippen molar-refractivity contribution < 1.29 is 14.7 Å². The molecule has 1 atom stereocenters. The molecule has 0 saturated heterocycles. The summed E-state index contributed by atoms with van der Waals surface area (Å²) in [4.78, 5) is 23.5. The number of rotatable bonds is 7. The van der Waals surface area contributed by atoms with Gasteiger partial charge in [0.25, 0.3) is 0 Å². The van der Waals surface area contributed by atoms with Crippen LogP contribution in [0, 0.1) is 0 Å². The second kappa shape index (κ2) is 7.23. The third-order valence-electron chi connectivity index (χ3n) is 2.43. The highest BCUT2D eigenvalue weighted by Gasteiger charge is 2.15. The number of aliphatic carboxylic acids is 1. The molecule has 0 aromatic carbocycles. The molecule has 1 unspecified atom stereocenters. The second-order valence-corrected chi connectivity index (χ2v) is 3.52. The van der Waals surface area contributed by atoms with E-state index in [0.29, 0.717) is 13.0 Å². The molecule has 0 saturated carbocycles. The fraction of sp³-hybridized carbons (Fsp3) is 0.800. The summed E-state index contributed by atoms with van der Waals surface area (Å²) in [6.07, 6.45) is 0.714. The Hall–Kier alpha value is -1.10. The van der Waals surface area contributed by atoms with Crippen LogP contribution < -0.4 is 5.32 Å². The van der Waals surface area contributed by atoms with Crippen molar-refractivity contribution in [2.75, 3.05) is 20.1 Å². The van der Waals surface area contributed by atoms with Crippen LogP contribution in [0.5, 0.6) is 0 Å². The van der Waals surface area contributed by atoms with Crippen molar-refractivity contribution in [1.82, 2.24) is 10.2 Å². The Balaban J connectivity index is 4.03. The summed E-state index contributed by atoms with van der Waals surface area (Å²) < 4.78 is 0. The highest BCUT2D eigenvalue weighted by atomic mass is 16.4. The van der Waals surface area contributed by atoms with Crippen LogP contribution in [0.15, 0.2) is 0 Å². The molecule has 0 aliphatic rings. The third kappa shape index (κ3) is 6.06. The fourth-order valence-electron chi connectivity index (χ4n) is 1.36. The Morgan fingerprint density at radius 3 is 2.47 bits per heavy atom. The van der Waals surface area contributed by atoms with Gasteiger partial charge in [-0.1, -0.05) is 6.92 Å². The van der Waals surface area contributed by atoms with E-state index in [1.54, 1.807) is 7.05 Å². The van der Waals surface area contributed by atoms with Crippen molar-refractivity contribution in [2.45, 2.75) is 32.7 Å². The number of carboxylic acids is 1. The van der Waals surface area contributed by atoms with Crippen LogP contribution >= 0.6 is 0 Å². The lowest BCUT2D eigenvalue weighted by molar-refractivity contribution is -0.137. The molecule has 0 aromatic rings. The molecule has 0 heterocycles. The van der Waals surface area contributed by atoms with Crippen LogP contribution in [-0.4, -0.2) is 48.1 Å². The van der Waals surface area contributed by atoms with Crippen LogP contribution in [0.3, 0.4) is 0 Å². The number of amides is 1. The quantitative estimate of drug-likeness (QED) is 0.642. The molecule has 88 valence electrons. The van der Waals surface area contributed by atoms with Gasteiger partial charge in [0.15, 0.2) is 0 Å². The first kappa shape index (κ1) is 13.9. The zero-order valence-electron chi connectivity index (χ0n) is 9.62. The van der Waals surface area contributed by atoms with E-state index in [0.717, 1.165) is 6.54 Å². The van der Waals surface area contributed by atoms with Gasteiger partial charge in [-0.3, -0.25) is 14.5 Å². The summed E-state index contributed by atoms with van der Waals surface area (Å²) in [5.74, 6) is -0.836. The van der Waals surface area contributed by atoms with Crippen molar-refractivity contribution in [3.63, 3.8) is 0 Å². The van der Waals surface area contributed by atoms with Crippen molar-refractivity contribution >= 4 is 11.9 Å². The Bertz CT molecular complexity index is 219. The van der Waals surface area contributed by atoms with Gasteiger partial charge in [0.2, 0.25) is 5.91 Å². The van der Waals surface area contributed by atoms with E-state index in [2.05, 4.69) is 5.32 Å². The average Bonchev–Trinajstić information content (AvgIpc) is 2.21. The summed E-state index contributed by atoms with van der Waals surface area (Å²) >= 11 is 0. The van der Waals surface area contributed by atoms with E-state index in [1.807, 2.05) is 18.7 Å². The summed E-state index contributed by atoms with van der Waals surface area (Å²) in [5, 5.41) is 11.1. The Kier molecular flexibility index (Phi) is 6.70. The normalized spacial score (nSPS) is 12.5. The van der Waals surface area contributed by atoms with E-state index < -0.39 is 5.97 Å². The van der Waals surface area contributed by atoms with Gasteiger partial charge in [-0.05, 0) is 19.9 Å². The highest BCUT2D eigenvalue weighted by Crippen LogP contribution is 2.05. The summed E-state index contributed by atoms with van der Waals surface area (Å²) in [7, 11) is 1.60. The van der Waals surface area contributed by atoms with Gasteiger partial charge in [0, 0.05) is 19.5 Å². The lowest BCUT2D eigenvalue weighted by Crippen LogP contribution is -2.40. The van der Waals surface area contributed by atoms with E-state index in [4.69, 9.17) is 5.11 Å². The summed E-state index contributed by atoms with van der Waals surface area (Å²) in [6.45, 7) is 4.97. The Morgan fingerprint density at radius 2 is 2.07 bits per heavy atom. The summed E-state index contributed by atoms with van der Waals surface area (Å²) in [6, 6.07) is 0.114. The standard InChI is InChI=1S/C10H20N2O3/c1-4-12(7-9(13)11-3)8(2)5-6-10(14)15/h8H,4-7H2,1-3H3,(H,11,13)(H,14,15). The number of likely N-dealkylation sites (N-methyl/N-ethyl adjacent to an activating group) is 2. The largest absolute Gasteiger partial charge is 0.481 e. The van der Waals surface area contributed by atoms with E-state index in [-0.39, 0.29) is 18.4 Å². The number of carbonyl (C=O) groups excluding carboxylic acids is 1. The maximum absolute atomic E-state index is 11.2. The molecule has 0 spiro atoms. The number of hydrogen-bond acceptors (Lipinski definition) is 3. The van der Waals surface area contributed by atoms with E-state index >= 15 is 0 Å². The molecule has 5 heteroatoms. The molecular weight excluding hydrogens is 196 g/mol. The molecule has 0 aliphatic carbocycles. The van der Waals surface area contributed by atoms with Gasteiger partial charge in [-0.15, -0.1) is 0 Å². The van der Waals surface area contributed by atoms with Crippen molar-refractivity contribution in [2.24, 2.45) is 0 Å². The molecule has 2 N–H and O–H groups in total.